The lowest BCUT2D eigenvalue weighted by Gasteiger charge is -2.16. The van der Waals surface area contributed by atoms with Gasteiger partial charge >= 0.3 is 0 Å². The second kappa shape index (κ2) is 5.02. The monoisotopic (exact) mass is 284 g/mol. The summed E-state index contributed by atoms with van der Waals surface area (Å²) >= 11 is 0. The molecule has 0 radical (unpaired) electrons. The van der Waals surface area contributed by atoms with Crippen LogP contribution in [0.3, 0.4) is 0 Å². The van der Waals surface area contributed by atoms with E-state index in [1.54, 1.807) is 6.07 Å². The number of nitrogens with zero attached hydrogens (tertiary/aromatic N) is 1. The first-order valence-corrected chi connectivity index (χ1v) is 6.87. The van der Waals surface area contributed by atoms with Crippen molar-refractivity contribution in [2.45, 2.75) is 11.4 Å². The summed E-state index contributed by atoms with van der Waals surface area (Å²) in [6.45, 7) is 0.163. The molecule has 0 aliphatic carbocycles. The molecule has 0 aliphatic heterocycles. The highest BCUT2D eigenvalue weighted by molar-refractivity contribution is 7.89. The molecule has 0 saturated carbocycles. The summed E-state index contributed by atoms with van der Waals surface area (Å²) in [6, 6.07) is 5.00. The number of hydrogen-bond acceptors (Lipinski definition) is 4. The zero-order valence-electron chi connectivity index (χ0n) is 10.2. The predicted molar refractivity (Wildman–Crippen MR) is 68.2 cm³/mol. The maximum Gasteiger partial charge on any atom is 0.243 e. The minimum absolute atomic E-state index is 0.0441. The van der Waals surface area contributed by atoms with E-state index < -0.39 is 15.8 Å². The molecule has 2 aromatic rings. The Bertz CT molecular complexity index is 668. The van der Waals surface area contributed by atoms with E-state index in [0.29, 0.717) is 0 Å². The standard InChI is InChI=1S/C12H13FN2O3S/c1-15(7-9-4-5-18-8-9)19(16,17)10-2-3-11(13)12(14)6-10/h2-6,8H,7,14H2,1H3. The Morgan fingerprint density at radius 3 is 2.68 bits per heavy atom. The fourth-order valence-corrected chi connectivity index (χ4v) is 2.78. The predicted octanol–water partition coefficient (Wildman–Crippen LogP) is 1.82. The van der Waals surface area contributed by atoms with Gasteiger partial charge in [-0.2, -0.15) is 4.31 Å². The summed E-state index contributed by atoms with van der Waals surface area (Å²) in [6.07, 6.45) is 2.93. The lowest BCUT2D eigenvalue weighted by atomic mass is 10.3. The SMILES string of the molecule is CN(Cc1ccoc1)S(=O)(=O)c1ccc(F)c(N)c1. The Labute approximate surface area is 110 Å². The molecule has 0 spiro atoms. The van der Waals surface area contributed by atoms with Crippen LogP contribution >= 0.6 is 0 Å². The first-order chi connectivity index (χ1) is 8.91. The van der Waals surface area contributed by atoms with Crippen molar-refractivity contribution >= 4 is 15.7 Å². The fraction of sp³-hybridized carbons (Fsp3) is 0.167. The van der Waals surface area contributed by atoms with Crippen molar-refractivity contribution in [2.24, 2.45) is 0 Å². The van der Waals surface area contributed by atoms with Gasteiger partial charge < -0.3 is 10.2 Å². The third kappa shape index (κ3) is 2.77. The molecule has 0 saturated heterocycles. The molecule has 19 heavy (non-hydrogen) atoms. The molecule has 0 amide bonds. The Morgan fingerprint density at radius 1 is 1.37 bits per heavy atom. The third-order valence-electron chi connectivity index (χ3n) is 2.66. The molecule has 1 aromatic carbocycles. The zero-order chi connectivity index (χ0) is 14.0. The minimum Gasteiger partial charge on any atom is -0.472 e. The van der Waals surface area contributed by atoms with E-state index in [4.69, 9.17) is 10.2 Å². The van der Waals surface area contributed by atoms with Crippen LogP contribution in [0.5, 0.6) is 0 Å². The second-order valence-corrected chi connectivity index (χ2v) is 6.12. The number of halogens is 1. The van der Waals surface area contributed by atoms with Crippen molar-refractivity contribution in [1.82, 2.24) is 4.31 Å². The fourth-order valence-electron chi connectivity index (χ4n) is 1.59. The number of anilines is 1. The number of hydrogen-bond donors (Lipinski definition) is 1. The molecule has 2 N–H and O–H groups in total. The van der Waals surface area contributed by atoms with Gasteiger partial charge in [-0.3, -0.25) is 0 Å². The molecule has 2 rings (SSSR count). The first-order valence-electron chi connectivity index (χ1n) is 5.43. The summed E-state index contributed by atoms with van der Waals surface area (Å²) in [7, 11) is -2.28. The van der Waals surface area contributed by atoms with E-state index in [0.717, 1.165) is 22.0 Å². The van der Waals surface area contributed by atoms with Gasteiger partial charge in [-0.05, 0) is 24.3 Å². The van der Waals surface area contributed by atoms with Crippen molar-refractivity contribution in [2.75, 3.05) is 12.8 Å². The Morgan fingerprint density at radius 2 is 2.11 bits per heavy atom. The van der Waals surface area contributed by atoms with Gasteiger partial charge in [-0.1, -0.05) is 0 Å². The molecule has 0 unspecified atom stereocenters. The topological polar surface area (TPSA) is 76.5 Å². The molecule has 1 aromatic heterocycles. The highest BCUT2D eigenvalue weighted by Gasteiger charge is 2.22. The van der Waals surface area contributed by atoms with Gasteiger partial charge in [-0.15, -0.1) is 0 Å². The number of furan rings is 1. The van der Waals surface area contributed by atoms with Gasteiger partial charge in [0.15, 0.2) is 0 Å². The lowest BCUT2D eigenvalue weighted by Crippen LogP contribution is -2.26. The molecular weight excluding hydrogens is 271 g/mol. The average molecular weight is 284 g/mol. The maximum absolute atomic E-state index is 13.0. The highest BCUT2D eigenvalue weighted by Crippen LogP contribution is 2.20. The van der Waals surface area contributed by atoms with Gasteiger partial charge in [0.1, 0.15) is 5.82 Å². The molecule has 0 aliphatic rings. The number of nitrogen functional groups attached to an aromatic ring is 1. The van der Waals surface area contributed by atoms with Crippen molar-refractivity contribution in [1.29, 1.82) is 0 Å². The van der Waals surface area contributed by atoms with E-state index in [-0.39, 0.29) is 17.1 Å². The molecule has 0 bridgehead atoms. The number of benzene rings is 1. The van der Waals surface area contributed by atoms with E-state index in [9.17, 15) is 12.8 Å². The van der Waals surface area contributed by atoms with Crippen LogP contribution in [0.4, 0.5) is 10.1 Å². The van der Waals surface area contributed by atoms with Crippen molar-refractivity contribution in [3.05, 3.63) is 48.2 Å². The second-order valence-electron chi connectivity index (χ2n) is 4.08. The third-order valence-corrected chi connectivity index (χ3v) is 4.46. The van der Waals surface area contributed by atoms with Crippen molar-refractivity contribution in [3.8, 4) is 0 Å². The van der Waals surface area contributed by atoms with Crippen LogP contribution in [0.25, 0.3) is 0 Å². The first kappa shape index (κ1) is 13.6. The van der Waals surface area contributed by atoms with Gasteiger partial charge in [0.2, 0.25) is 10.0 Å². The Hall–Kier alpha value is -1.86. The Kier molecular flexibility index (Phi) is 3.59. The molecule has 102 valence electrons. The van der Waals surface area contributed by atoms with Crippen molar-refractivity contribution in [3.63, 3.8) is 0 Å². The quantitative estimate of drug-likeness (QED) is 0.869. The molecular formula is C12H13FN2O3S. The zero-order valence-corrected chi connectivity index (χ0v) is 11.0. The van der Waals surface area contributed by atoms with Crippen LogP contribution in [0.15, 0.2) is 46.1 Å². The van der Waals surface area contributed by atoms with Gasteiger partial charge in [0, 0.05) is 19.2 Å². The van der Waals surface area contributed by atoms with Gasteiger partial charge in [-0.25, -0.2) is 12.8 Å². The van der Waals surface area contributed by atoms with Gasteiger partial charge in [0.25, 0.3) is 0 Å². The van der Waals surface area contributed by atoms with E-state index in [1.165, 1.54) is 25.6 Å². The van der Waals surface area contributed by atoms with Crippen LogP contribution in [-0.2, 0) is 16.6 Å². The molecule has 1 heterocycles. The average Bonchev–Trinajstić information content (AvgIpc) is 2.85. The van der Waals surface area contributed by atoms with Crippen LogP contribution < -0.4 is 5.73 Å². The lowest BCUT2D eigenvalue weighted by molar-refractivity contribution is 0.463. The number of nitrogens with two attached hydrogens (primary N) is 1. The van der Waals surface area contributed by atoms with Crippen LogP contribution in [0.1, 0.15) is 5.56 Å². The molecule has 0 fully saturated rings. The van der Waals surface area contributed by atoms with E-state index in [2.05, 4.69) is 0 Å². The van der Waals surface area contributed by atoms with E-state index in [1.807, 2.05) is 0 Å². The largest absolute Gasteiger partial charge is 0.472 e. The van der Waals surface area contributed by atoms with Crippen LogP contribution in [0.2, 0.25) is 0 Å². The van der Waals surface area contributed by atoms with Crippen LogP contribution in [0, 0.1) is 5.82 Å². The van der Waals surface area contributed by atoms with Crippen LogP contribution in [-0.4, -0.2) is 19.8 Å². The number of sulfonamides is 1. The Balaban J connectivity index is 2.28. The normalized spacial score (nSPS) is 11.9. The minimum atomic E-state index is -3.71. The van der Waals surface area contributed by atoms with Crippen molar-refractivity contribution < 1.29 is 17.2 Å². The summed E-state index contributed by atoms with van der Waals surface area (Å²) in [4.78, 5) is -0.0441. The highest BCUT2D eigenvalue weighted by atomic mass is 32.2. The van der Waals surface area contributed by atoms with E-state index >= 15 is 0 Å². The molecule has 0 atom stereocenters. The van der Waals surface area contributed by atoms with Gasteiger partial charge in [0.05, 0.1) is 23.1 Å². The summed E-state index contributed by atoms with van der Waals surface area (Å²) < 4.78 is 43.5. The number of rotatable bonds is 4. The summed E-state index contributed by atoms with van der Waals surface area (Å²) in [5.74, 6) is -0.642. The smallest absolute Gasteiger partial charge is 0.243 e. The summed E-state index contributed by atoms with van der Waals surface area (Å²) in [5, 5.41) is 0. The summed E-state index contributed by atoms with van der Waals surface area (Å²) in [5.41, 5.74) is 5.91. The maximum atomic E-state index is 13.0. The molecule has 7 heteroatoms. The molecule has 5 nitrogen and oxygen atoms in total.